The molecule has 0 aliphatic rings. The standard InChI is InChI=1S/C23H28N4O/c1-3-26(4-2)17-19-10-12-20(13-11-19)23(28)24-16-21-8-5-6-9-22(21)18-27-15-7-14-25-27/h5-15H,3-4,16-18H2,1-2H3,(H,24,28). The predicted octanol–water partition coefficient (Wildman–Crippen LogP) is 3.70. The van der Waals surface area contributed by atoms with Crippen molar-refractivity contribution in [2.75, 3.05) is 13.1 Å². The van der Waals surface area contributed by atoms with Crippen molar-refractivity contribution in [2.45, 2.75) is 33.5 Å². The van der Waals surface area contributed by atoms with E-state index in [1.165, 1.54) is 5.56 Å². The van der Waals surface area contributed by atoms with E-state index in [1.807, 2.05) is 59.4 Å². The third-order valence-electron chi connectivity index (χ3n) is 4.97. The van der Waals surface area contributed by atoms with Crippen LogP contribution in [0.4, 0.5) is 0 Å². The van der Waals surface area contributed by atoms with Crippen LogP contribution >= 0.6 is 0 Å². The van der Waals surface area contributed by atoms with Crippen molar-refractivity contribution in [3.05, 3.63) is 89.2 Å². The summed E-state index contributed by atoms with van der Waals surface area (Å²) in [6.45, 7) is 8.48. The second kappa shape index (κ2) is 9.85. The molecule has 1 N–H and O–H groups in total. The maximum atomic E-state index is 12.6. The zero-order valence-electron chi connectivity index (χ0n) is 16.6. The summed E-state index contributed by atoms with van der Waals surface area (Å²) >= 11 is 0. The molecular weight excluding hydrogens is 348 g/mol. The van der Waals surface area contributed by atoms with Gasteiger partial charge in [-0.2, -0.15) is 5.10 Å². The minimum absolute atomic E-state index is 0.0525. The average molecular weight is 377 g/mol. The van der Waals surface area contributed by atoms with Crippen molar-refractivity contribution < 1.29 is 4.79 Å². The fourth-order valence-corrected chi connectivity index (χ4v) is 3.20. The minimum Gasteiger partial charge on any atom is -0.348 e. The lowest BCUT2D eigenvalue weighted by Crippen LogP contribution is -2.24. The molecule has 3 rings (SSSR count). The first-order chi connectivity index (χ1) is 13.7. The second-order valence-corrected chi connectivity index (χ2v) is 6.81. The van der Waals surface area contributed by atoms with Gasteiger partial charge >= 0.3 is 0 Å². The molecule has 2 aromatic carbocycles. The number of aromatic nitrogens is 2. The fraction of sp³-hybridized carbons (Fsp3) is 0.304. The lowest BCUT2D eigenvalue weighted by atomic mass is 10.1. The molecule has 0 saturated carbocycles. The Bertz CT molecular complexity index is 868. The summed E-state index contributed by atoms with van der Waals surface area (Å²) in [6, 6.07) is 17.9. The van der Waals surface area contributed by atoms with Gasteiger partial charge in [0.15, 0.2) is 0 Å². The van der Waals surface area contributed by atoms with Gasteiger partial charge in [-0.25, -0.2) is 0 Å². The maximum Gasteiger partial charge on any atom is 0.251 e. The van der Waals surface area contributed by atoms with E-state index in [2.05, 4.69) is 35.2 Å². The van der Waals surface area contributed by atoms with Crippen molar-refractivity contribution in [2.24, 2.45) is 0 Å². The van der Waals surface area contributed by atoms with Crippen LogP contribution in [0.2, 0.25) is 0 Å². The fourth-order valence-electron chi connectivity index (χ4n) is 3.20. The third kappa shape index (κ3) is 5.30. The molecule has 0 unspecified atom stereocenters. The molecule has 0 aliphatic carbocycles. The highest BCUT2D eigenvalue weighted by molar-refractivity contribution is 5.94. The Labute approximate surface area is 167 Å². The van der Waals surface area contributed by atoms with Crippen LogP contribution in [0.1, 0.15) is 40.9 Å². The zero-order valence-corrected chi connectivity index (χ0v) is 16.6. The zero-order chi connectivity index (χ0) is 19.8. The summed E-state index contributed by atoms with van der Waals surface area (Å²) in [5, 5.41) is 7.30. The minimum atomic E-state index is -0.0525. The predicted molar refractivity (Wildman–Crippen MR) is 112 cm³/mol. The molecule has 5 nitrogen and oxygen atoms in total. The maximum absolute atomic E-state index is 12.6. The van der Waals surface area contributed by atoms with Crippen LogP contribution in [0, 0.1) is 0 Å². The van der Waals surface area contributed by atoms with Crippen LogP contribution < -0.4 is 5.32 Å². The Morgan fingerprint density at radius 2 is 1.71 bits per heavy atom. The van der Waals surface area contributed by atoms with Gasteiger partial charge in [0.2, 0.25) is 0 Å². The SMILES string of the molecule is CCN(CC)Cc1ccc(C(=O)NCc2ccccc2Cn2cccn2)cc1. The molecule has 146 valence electrons. The number of rotatable bonds is 9. The van der Waals surface area contributed by atoms with E-state index in [-0.39, 0.29) is 5.91 Å². The summed E-state index contributed by atoms with van der Waals surface area (Å²) in [4.78, 5) is 14.9. The smallest absolute Gasteiger partial charge is 0.251 e. The van der Waals surface area contributed by atoms with E-state index in [0.29, 0.717) is 18.7 Å². The van der Waals surface area contributed by atoms with Crippen molar-refractivity contribution in [3.8, 4) is 0 Å². The van der Waals surface area contributed by atoms with Crippen LogP contribution in [0.15, 0.2) is 67.0 Å². The van der Waals surface area contributed by atoms with E-state index < -0.39 is 0 Å². The normalized spacial score (nSPS) is 11.0. The molecule has 0 spiro atoms. The van der Waals surface area contributed by atoms with Gasteiger partial charge in [-0.3, -0.25) is 14.4 Å². The van der Waals surface area contributed by atoms with Gasteiger partial charge in [-0.15, -0.1) is 0 Å². The molecule has 0 bridgehead atoms. The number of hydrogen-bond donors (Lipinski definition) is 1. The first kappa shape index (κ1) is 19.8. The molecule has 5 heteroatoms. The summed E-state index contributed by atoms with van der Waals surface area (Å²) in [5.74, 6) is -0.0525. The van der Waals surface area contributed by atoms with Gasteiger partial charge in [0.25, 0.3) is 5.91 Å². The summed E-state index contributed by atoms with van der Waals surface area (Å²) in [7, 11) is 0. The number of amides is 1. The van der Waals surface area contributed by atoms with Crippen molar-refractivity contribution in [1.29, 1.82) is 0 Å². The van der Waals surface area contributed by atoms with E-state index in [4.69, 9.17) is 0 Å². The highest BCUT2D eigenvalue weighted by Gasteiger charge is 2.09. The highest BCUT2D eigenvalue weighted by Crippen LogP contribution is 2.12. The van der Waals surface area contributed by atoms with Crippen molar-refractivity contribution in [1.82, 2.24) is 20.0 Å². The molecule has 0 fully saturated rings. The molecular formula is C23H28N4O. The monoisotopic (exact) mass is 376 g/mol. The Hall–Kier alpha value is -2.92. The summed E-state index contributed by atoms with van der Waals surface area (Å²) in [5.41, 5.74) is 4.17. The first-order valence-corrected chi connectivity index (χ1v) is 9.83. The quantitative estimate of drug-likeness (QED) is 0.619. The average Bonchev–Trinajstić information content (AvgIpc) is 3.24. The molecule has 0 radical (unpaired) electrons. The summed E-state index contributed by atoms with van der Waals surface area (Å²) < 4.78 is 1.88. The highest BCUT2D eigenvalue weighted by atomic mass is 16.1. The Morgan fingerprint density at radius 1 is 1.00 bits per heavy atom. The number of nitrogens with one attached hydrogen (secondary N) is 1. The molecule has 1 heterocycles. The molecule has 3 aromatic rings. The molecule has 0 atom stereocenters. The molecule has 0 saturated heterocycles. The number of carbonyl (C=O) groups is 1. The van der Waals surface area contributed by atoms with Gasteiger partial charge in [-0.1, -0.05) is 50.2 Å². The van der Waals surface area contributed by atoms with E-state index in [9.17, 15) is 4.79 Å². The first-order valence-electron chi connectivity index (χ1n) is 9.83. The van der Waals surface area contributed by atoms with Gasteiger partial charge in [0.1, 0.15) is 0 Å². The van der Waals surface area contributed by atoms with Crippen LogP contribution in [0.3, 0.4) is 0 Å². The summed E-state index contributed by atoms with van der Waals surface area (Å²) in [6.07, 6.45) is 3.71. The van der Waals surface area contributed by atoms with E-state index in [1.54, 1.807) is 6.20 Å². The van der Waals surface area contributed by atoms with Gasteiger partial charge in [0.05, 0.1) is 6.54 Å². The number of hydrogen-bond acceptors (Lipinski definition) is 3. The number of nitrogens with zero attached hydrogens (tertiary/aromatic N) is 3. The van der Waals surface area contributed by atoms with Crippen LogP contribution in [0.5, 0.6) is 0 Å². The van der Waals surface area contributed by atoms with E-state index >= 15 is 0 Å². The Morgan fingerprint density at radius 3 is 2.36 bits per heavy atom. The van der Waals surface area contributed by atoms with E-state index in [0.717, 1.165) is 30.8 Å². The van der Waals surface area contributed by atoms with Crippen LogP contribution in [-0.4, -0.2) is 33.7 Å². The van der Waals surface area contributed by atoms with Crippen LogP contribution in [0.25, 0.3) is 0 Å². The lowest BCUT2D eigenvalue weighted by molar-refractivity contribution is 0.0951. The number of benzene rings is 2. The molecule has 1 amide bonds. The van der Waals surface area contributed by atoms with Crippen LogP contribution in [-0.2, 0) is 19.6 Å². The molecule has 28 heavy (non-hydrogen) atoms. The Kier molecular flexibility index (Phi) is 6.98. The lowest BCUT2D eigenvalue weighted by Gasteiger charge is -2.18. The topological polar surface area (TPSA) is 50.2 Å². The van der Waals surface area contributed by atoms with Crippen molar-refractivity contribution in [3.63, 3.8) is 0 Å². The molecule has 1 aromatic heterocycles. The van der Waals surface area contributed by atoms with Gasteiger partial charge < -0.3 is 5.32 Å². The second-order valence-electron chi connectivity index (χ2n) is 6.81. The van der Waals surface area contributed by atoms with Gasteiger partial charge in [-0.05, 0) is 48.0 Å². The van der Waals surface area contributed by atoms with Gasteiger partial charge in [0, 0.05) is 31.0 Å². The number of carbonyl (C=O) groups excluding carboxylic acids is 1. The molecule has 0 aliphatic heterocycles. The largest absolute Gasteiger partial charge is 0.348 e. The van der Waals surface area contributed by atoms with Crippen molar-refractivity contribution >= 4 is 5.91 Å². The Balaban J connectivity index is 1.60. The third-order valence-corrected chi connectivity index (χ3v) is 4.97.